The van der Waals surface area contributed by atoms with Crippen molar-refractivity contribution in [2.24, 2.45) is 4.99 Å². The first-order valence-electron chi connectivity index (χ1n) is 9.20. The van der Waals surface area contributed by atoms with Gasteiger partial charge in [0.2, 0.25) is 0 Å². The van der Waals surface area contributed by atoms with Gasteiger partial charge in [-0.25, -0.2) is 0 Å². The highest BCUT2D eigenvalue weighted by Gasteiger charge is 2.39. The minimum Gasteiger partial charge on any atom is -0.393 e. The van der Waals surface area contributed by atoms with Crippen LogP contribution in [-0.2, 0) is 4.74 Å². The number of aliphatic imine (C=N–C) groups is 1. The summed E-state index contributed by atoms with van der Waals surface area (Å²) < 4.78 is 5.62. The molecule has 3 saturated heterocycles. The smallest absolute Gasteiger partial charge is 0.193 e. The van der Waals surface area contributed by atoms with Crippen molar-refractivity contribution in [3.8, 4) is 0 Å². The van der Waals surface area contributed by atoms with Gasteiger partial charge in [0.15, 0.2) is 5.96 Å². The summed E-state index contributed by atoms with van der Waals surface area (Å²) in [6.07, 6.45) is 6.39. The van der Waals surface area contributed by atoms with Crippen LogP contribution in [0.2, 0.25) is 0 Å². The van der Waals surface area contributed by atoms with Gasteiger partial charge in [-0.3, -0.25) is 9.89 Å². The molecule has 0 atom stereocenters. The van der Waals surface area contributed by atoms with Gasteiger partial charge < -0.3 is 20.1 Å². The molecule has 3 aliphatic rings. The van der Waals surface area contributed by atoms with Crippen LogP contribution in [-0.4, -0.2) is 85.5 Å². The molecule has 0 unspecified atom stereocenters. The number of halogens is 1. The van der Waals surface area contributed by atoms with Crippen LogP contribution in [0.4, 0.5) is 0 Å². The van der Waals surface area contributed by atoms with E-state index in [-0.39, 0.29) is 35.6 Å². The van der Waals surface area contributed by atoms with Gasteiger partial charge in [-0.1, -0.05) is 0 Å². The Morgan fingerprint density at radius 3 is 2.38 bits per heavy atom. The zero-order valence-corrected chi connectivity index (χ0v) is 17.2. The van der Waals surface area contributed by atoms with Crippen LogP contribution in [0, 0.1) is 0 Å². The lowest BCUT2D eigenvalue weighted by Gasteiger charge is -2.45. The molecule has 0 bridgehead atoms. The summed E-state index contributed by atoms with van der Waals surface area (Å²) in [5.41, 5.74) is 0.222. The van der Waals surface area contributed by atoms with Crippen LogP contribution in [0.5, 0.6) is 0 Å². The van der Waals surface area contributed by atoms with Crippen molar-refractivity contribution in [1.82, 2.24) is 15.1 Å². The summed E-state index contributed by atoms with van der Waals surface area (Å²) in [7, 11) is 1.86. The van der Waals surface area contributed by atoms with Crippen LogP contribution in [0.25, 0.3) is 0 Å². The zero-order chi connectivity index (χ0) is 16.1. The van der Waals surface area contributed by atoms with E-state index in [9.17, 15) is 5.11 Å². The van der Waals surface area contributed by atoms with Crippen molar-refractivity contribution in [2.75, 3.05) is 53.0 Å². The summed E-state index contributed by atoms with van der Waals surface area (Å²) in [5, 5.41) is 13.3. The lowest BCUT2D eigenvalue weighted by atomic mass is 9.88. The van der Waals surface area contributed by atoms with E-state index in [0.717, 1.165) is 64.5 Å². The van der Waals surface area contributed by atoms with Gasteiger partial charge in [-0.05, 0) is 51.6 Å². The van der Waals surface area contributed by atoms with Crippen molar-refractivity contribution in [3.05, 3.63) is 0 Å². The molecular formula is C17H33IN4O2. The standard InChI is InChI=1S/C17H32N4O2.HI/c1-18-16(20-10-4-15(22)5-11-20)19-14-17(6-12-23-13-7-17)21-8-2-3-9-21;/h15,22H,2-14H2,1H3,(H,18,19);1H. The van der Waals surface area contributed by atoms with Crippen molar-refractivity contribution < 1.29 is 9.84 Å². The van der Waals surface area contributed by atoms with Crippen LogP contribution in [0.1, 0.15) is 38.5 Å². The fraction of sp³-hybridized carbons (Fsp3) is 0.941. The molecule has 0 aromatic carbocycles. The van der Waals surface area contributed by atoms with Gasteiger partial charge >= 0.3 is 0 Å². The van der Waals surface area contributed by atoms with Gasteiger partial charge in [0.1, 0.15) is 0 Å². The first-order valence-corrected chi connectivity index (χ1v) is 9.20. The number of nitrogens with zero attached hydrogens (tertiary/aromatic N) is 3. The van der Waals surface area contributed by atoms with Gasteiger partial charge in [0.25, 0.3) is 0 Å². The average Bonchev–Trinajstić information content (AvgIpc) is 3.13. The molecule has 0 aromatic rings. The molecule has 2 N–H and O–H groups in total. The molecule has 0 aromatic heterocycles. The zero-order valence-electron chi connectivity index (χ0n) is 14.9. The molecule has 3 aliphatic heterocycles. The second-order valence-electron chi connectivity index (χ2n) is 7.15. The Balaban J connectivity index is 0.00000208. The van der Waals surface area contributed by atoms with E-state index in [2.05, 4.69) is 20.1 Å². The molecule has 24 heavy (non-hydrogen) atoms. The molecule has 0 aliphatic carbocycles. The average molecular weight is 452 g/mol. The van der Waals surface area contributed by atoms with Gasteiger partial charge in [-0.15, -0.1) is 24.0 Å². The third-order valence-electron chi connectivity index (χ3n) is 5.75. The SMILES string of the molecule is CN=C(NCC1(N2CCCC2)CCOCC1)N1CCC(O)CC1.I. The second-order valence-corrected chi connectivity index (χ2v) is 7.15. The number of ether oxygens (including phenoxy) is 1. The minimum atomic E-state index is -0.143. The maximum atomic E-state index is 9.69. The largest absolute Gasteiger partial charge is 0.393 e. The highest BCUT2D eigenvalue weighted by molar-refractivity contribution is 14.0. The number of rotatable bonds is 3. The lowest BCUT2D eigenvalue weighted by molar-refractivity contribution is -0.0167. The molecule has 6 nitrogen and oxygen atoms in total. The van der Waals surface area contributed by atoms with Crippen LogP contribution >= 0.6 is 24.0 Å². The van der Waals surface area contributed by atoms with E-state index in [4.69, 9.17) is 4.74 Å². The molecule has 0 spiro atoms. The molecule has 0 saturated carbocycles. The van der Waals surface area contributed by atoms with E-state index in [0.29, 0.717) is 0 Å². The van der Waals surface area contributed by atoms with Crippen molar-refractivity contribution in [1.29, 1.82) is 0 Å². The fourth-order valence-electron chi connectivity index (χ4n) is 4.20. The fourth-order valence-corrected chi connectivity index (χ4v) is 4.20. The molecule has 0 radical (unpaired) electrons. The van der Waals surface area contributed by atoms with E-state index in [1.54, 1.807) is 0 Å². The molecule has 140 valence electrons. The van der Waals surface area contributed by atoms with E-state index >= 15 is 0 Å². The van der Waals surface area contributed by atoms with Gasteiger partial charge in [0.05, 0.1) is 6.10 Å². The molecular weight excluding hydrogens is 419 g/mol. The number of hydrogen-bond acceptors (Lipinski definition) is 4. The Morgan fingerprint density at radius 2 is 1.79 bits per heavy atom. The first-order chi connectivity index (χ1) is 11.2. The molecule has 0 amide bonds. The monoisotopic (exact) mass is 452 g/mol. The number of hydrogen-bond donors (Lipinski definition) is 2. The number of piperidine rings is 1. The number of aliphatic hydroxyl groups excluding tert-OH is 1. The quantitative estimate of drug-likeness (QED) is 0.384. The normalized spacial score (nSPS) is 26.2. The highest BCUT2D eigenvalue weighted by atomic mass is 127. The summed E-state index contributed by atoms with van der Waals surface area (Å²) in [5.74, 6) is 0.988. The van der Waals surface area contributed by atoms with Crippen LogP contribution in [0.3, 0.4) is 0 Å². The number of likely N-dealkylation sites (tertiary alicyclic amines) is 2. The van der Waals surface area contributed by atoms with Crippen LogP contribution < -0.4 is 5.32 Å². The van der Waals surface area contributed by atoms with E-state index in [1.807, 2.05) is 7.05 Å². The van der Waals surface area contributed by atoms with E-state index < -0.39 is 0 Å². The molecule has 3 heterocycles. The van der Waals surface area contributed by atoms with Gasteiger partial charge in [-0.2, -0.15) is 0 Å². The molecule has 3 rings (SSSR count). The Kier molecular flexibility index (Phi) is 8.03. The number of aliphatic hydroxyl groups is 1. The molecule has 7 heteroatoms. The third kappa shape index (κ3) is 4.74. The third-order valence-corrected chi connectivity index (χ3v) is 5.75. The van der Waals surface area contributed by atoms with E-state index in [1.165, 1.54) is 25.9 Å². The first kappa shape index (κ1) is 20.2. The van der Waals surface area contributed by atoms with Crippen molar-refractivity contribution in [2.45, 2.75) is 50.2 Å². The number of guanidine groups is 1. The topological polar surface area (TPSA) is 60.3 Å². The Bertz CT molecular complexity index is 401. The van der Waals surface area contributed by atoms with Crippen LogP contribution in [0.15, 0.2) is 4.99 Å². The Hall–Kier alpha value is -0.120. The second kappa shape index (κ2) is 9.54. The maximum Gasteiger partial charge on any atom is 0.193 e. The Labute approximate surface area is 163 Å². The summed E-state index contributed by atoms with van der Waals surface area (Å²) in [4.78, 5) is 9.44. The lowest BCUT2D eigenvalue weighted by Crippen LogP contribution is -2.59. The summed E-state index contributed by atoms with van der Waals surface area (Å²) in [6, 6.07) is 0. The highest BCUT2D eigenvalue weighted by Crippen LogP contribution is 2.30. The Morgan fingerprint density at radius 1 is 1.17 bits per heavy atom. The van der Waals surface area contributed by atoms with Crippen molar-refractivity contribution >= 4 is 29.9 Å². The number of nitrogens with one attached hydrogen (secondary N) is 1. The minimum absolute atomic E-state index is 0. The predicted octanol–water partition coefficient (Wildman–Crippen LogP) is 1.28. The summed E-state index contributed by atoms with van der Waals surface area (Å²) >= 11 is 0. The maximum absolute atomic E-state index is 9.69. The van der Waals surface area contributed by atoms with Gasteiger partial charge in [0, 0.05) is 45.4 Å². The molecule has 3 fully saturated rings. The van der Waals surface area contributed by atoms with Crippen molar-refractivity contribution in [3.63, 3.8) is 0 Å². The summed E-state index contributed by atoms with van der Waals surface area (Å²) in [6.45, 7) is 6.90. The predicted molar refractivity (Wildman–Crippen MR) is 107 cm³/mol.